The molecule has 6 rings (SSSR count). The molecule has 0 aliphatic rings. The molecular weight excluding hydrogens is 464 g/mol. The van der Waals surface area contributed by atoms with Crippen molar-refractivity contribution < 1.29 is 0 Å². The molecule has 0 spiro atoms. The Kier molecular flexibility index (Phi) is 5.53. The molecule has 4 nitrogen and oxygen atoms in total. The van der Waals surface area contributed by atoms with E-state index in [1.54, 1.807) is 4.80 Å². The molecule has 0 aliphatic carbocycles. The minimum Gasteiger partial charge on any atom is -0.192 e. The summed E-state index contributed by atoms with van der Waals surface area (Å²) < 4.78 is 0. The third kappa shape index (κ3) is 4.13. The first-order valence-electron chi connectivity index (χ1n) is 11.5. The quantitative estimate of drug-likeness (QED) is 0.256. The van der Waals surface area contributed by atoms with Crippen LogP contribution in [0.4, 0.5) is 0 Å². The normalized spacial score (nSPS) is 10.9. The van der Waals surface area contributed by atoms with Gasteiger partial charge in [0.05, 0.1) is 22.3 Å². The molecule has 1 aromatic heterocycles. The maximum atomic E-state index is 8.99. The van der Waals surface area contributed by atoms with Crippen molar-refractivity contribution in [3.05, 3.63) is 126 Å². The fourth-order valence-corrected chi connectivity index (χ4v) is 4.54. The topological polar surface area (TPSA) is 54.5 Å². The maximum Gasteiger partial charge on any atom is 0.115 e. The summed E-state index contributed by atoms with van der Waals surface area (Å²) >= 11 is 6.56. The molecular formula is C31H19ClN4. The van der Waals surface area contributed by atoms with Crippen molar-refractivity contribution in [2.75, 3.05) is 0 Å². The van der Waals surface area contributed by atoms with E-state index in [4.69, 9.17) is 22.0 Å². The summed E-state index contributed by atoms with van der Waals surface area (Å²) in [6.07, 6.45) is 0. The molecule has 36 heavy (non-hydrogen) atoms. The Balaban J connectivity index is 1.26. The van der Waals surface area contributed by atoms with Crippen LogP contribution in [0.1, 0.15) is 5.56 Å². The van der Waals surface area contributed by atoms with Gasteiger partial charge < -0.3 is 0 Å². The number of aromatic nitrogens is 3. The van der Waals surface area contributed by atoms with E-state index in [1.807, 2.05) is 78.9 Å². The van der Waals surface area contributed by atoms with Gasteiger partial charge in [-0.05, 0) is 64.2 Å². The number of nitriles is 1. The Bertz CT molecular complexity index is 1710. The predicted molar refractivity (Wildman–Crippen MR) is 145 cm³/mol. The standard InChI is InChI=1S/C31H19ClN4/c32-29-19-31-30(18-28(29)26-4-2-1-3-5-26)34-36(35-31)27-16-14-25(15-17-27)24-12-10-23(11-13-24)22-8-6-21(20-33)7-9-22/h1-19H. The Morgan fingerprint density at radius 3 is 1.64 bits per heavy atom. The molecule has 0 atom stereocenters. The van der Waals surface area contributed by atoms with Crippen LogP contribution in [-0.4, -0.2) is 15.0 Å². The van der Waals surface area contributed by atoms with E-state index in [1.165, 1.54) is 0 Å². The number of hydrogen-bond donors (Lipinski definition) is 0. The first-order chi connectivity index (χ1) is 17.7. The molecule has 5 aromatic carbocycles. The van der Waals surface area contributed by atoms with Crippen molar-refractivity contribution in [3.63, 3.8) is 0 Å². The molecule has 0 radical (unpaired) electrons. The second-order valence-corrected chi connectivity index (χ2v) is 8.90. The lowest BCUT2D eigenvalue weighted by atomic mass is 9.99. The molecule has 0 N–H and O–H groups in total. The van der Waals surface area contributed by atoms with Gasteiger partial charge in [-0.15, -0.1) is 10.2 Å². The van der Waals surface area contributed by atoms with Gasteiger partial charge in [0.25, 0.3) is 0 Å². The lowest BCUT2D eigenvalue weighted by molar-refractivity contribution is 0.766. The van der Waals surface area contributed by atoms with Gasteiger partial charge >= 0.3 is 0 Å². The van der Waals surface area contributed by atoms with Crippen LogP contribution in [0.15, 0.2) is 115 Å². The van der Waals surface area contributed by atoms with Crippen molar-refractivity contribution in [1.29, 1.82) is 5.26 Å². The van der Waals surface area contributed by atoms with Crippen LogP contribution in [0.5, 0.6) is 0 Å². The van der Waals surface area contributed by atoms with Crippen LogP contribution in [0, 0.1) is 11.3 Å². The molecule has 170 valence electrons. The van der Waals surface area contributed by atoms with Crippen molar-refractivity contribution >= 4 is 22.6 Å². The van der Waals surface area contributed by atoms with Crippen LogP contribution in [0.25, 0.3) is 50.1 Å². The van der Waals surface area contributed by atoms with Crippen molar-refractivity contribution in [2.45, 2.75) is 0 Å². The van der Waals surface area contributed by atoms with Crippen LogP contribution >= 0.6 is 11.6 Å². The molecule has 0 saturated heterocycles. The van der Waals surface area contributed by atoms with Gasteiger partial charge in [-0.25, -0.2) is 0 Å². The summed E-state index contributed by atoms with van der Waals surface area (Å²) in [5.41, 5.74) is 9.50. The lowest BCUT2D eigenvalue weighted by Gasteiger charge is -2.06. The van der Waals surface area contributed by atoms with Gasteiger partial charge in [-0.3, -0.25) is 0 Å². The average Bonchev–Trinajstić information content (AvgIpc) is 3.36. The first kappa shape index (κ1) is 21.8. The monoisotopic (exact) mass is 482 g/mol. The molecule has 0 unspecified atom stereocenters. The Morgan fingerprint density at radius 1 is 0.583 bits per heavy atom. The molecule has 0 bridgehead atoms. The number of benzene rings is 5. The first-order valence-corrected chi connectivity index (χ1v) is 11.9. The summed E-state index contributed by atoms with van der Waals surface area (Å²) in [5.74, 6) is 0. The van der Waals surface area contributed by atoms with E-state index in [-0.39, 0.29) is 0 Å². The molecule has 1 heterocycles. The minimum atomic E-state index is 0.653. The summed E-state index contributed by atoms with van der Waals surface area (Å²) in [5, 5.41) is 19.0. The Labute approximate surface area is 213 Å². The van der Waals surface area contributed by atoms with Gasteiger partial charge in [0.2, 0.25) is 0 Å². The lowest BCUT2D eigenvalue weighted by Crippen LogP contribution is -1.97. The molecule has 0 amide bonds. The zero-order valence-electron chi connectivity index (χ0n) is 19.1. The number of halogens is 1. The summed E-state index contributed by atoms with van der Waals surface area (Å²) in [4.78, 5) is 1.65. The summed E-state index contributed by atoms with van der Waals surface area (Å²) in [6.45, 7) is 0. The van der Waals surface area contributed by atoms with Gasteiger partial charge in [-0.1, -0.05) is 90.5 Å². The highest BCUT2D eigenvalue weighted by Crippen LogP contribution is 2.31. The molecule has 6 aromatic rings. The third-order valence-corrected chi connectivity index (χ3v) is 6.53. The SMILES string of the molecule is N#Cc1ccc(-c2ccc(-c3ccc(-n4nc5cc(Cl)c(-c6ccccc6)cc5n4)cc3)cc2)cc1. The smallest absolute Gasteiger partial charge is 0.115 e. The number of fused-ring (bicyclic) bond motifs is 1. The minimum absolute atomic E-state index is 0.653. The van der Waals surface area contributed by atoms with Gasteiger partial charge in [0.15, 0.2) is 0 Å². The Morgan fingerprint density at radius 2 is 1.08 bits per heavy atom. The highest BCUT2D eigenvalue weighted by molar-refractivity contribution is 6.34. The highest BCUT2D eigenvalue weighted by Gasteiger charge is 2.11. The van der Waals surface area contributed by atoms with E-state index in [0.29, 0.717) is 10.6 Å². The summed E-state index contributed by atoms with van der Waals surface area (Å²) in [7, 11) is 0. The number of rotatable bonds is 4. The van der Waals surface area contributed by atoms with E-state index in [0.717, 1.165) is 50.1 Å². The second kappa shape index (κ2) is 9.14. The zero-order valence-corrected chi connectivity index (χ0v) is 19.9. The number of hydrogen-bond acceptors (Lipinski definition) is 3. The number of nitrogens with zero attached hydrogens (tertiary/aromatic N) is 4. The third-order valence-electron chi connectivity index (χ3n) is 6.22. The van der Waals surface area contributed by atoms with Crippen LogP contribution < -0.4 is 0 Å². The molecule has 0 fully saturated rings. The second-order valence-electron chi connectivity index (χ2n) is 8.49. The van der Waals surface area contributed by atoms with Gasteiger partial charge in [-0.2, -0.15) is 10.1 Å². The predicted octanol–water partition coefficient (Wildman–Crippen LogP) is 7.95. The van der Waals surface area contributed by atoms with Gasteiger partial charge in [0, 0.05) is 5.56 Å². The van der Waals surface area contributed by atoms with Crippen molar-refractivity contribution in [1.82, 2.24) is 15.0 Å². The van der Waals surface area contributed by atoms with Gasteiger partial charge in [0.1, 0.15) is 11.0 Å². The Hall–Kier alpha value is -4.72. The van der Waals surface area contributed by atoms with E-state index in [2.05, 4.69) is 47.6 Å². The van der Waals surface area contributed by atoms with Crippen LogP contribution in [-0.2, 0) is 0 Å². The summed E-state index contributed by atoms with van der Waals surface area (Å²) in [6, 6.07) is 40.3. The van der Waals surface area contributed by atoms with E-state index >= 15 is 0 Å². The fraction of sp³-hybridized carbons (Fsp3) is 0. The average molecular weight is 483 g/mol. The fourth-order valence-electron chi connectivity index (χ4n) is 4.27. The van der Waals surface area contributed by atoms with Crippen LogP contribution in [0.3, 0.4) is 0 Å². The van der Waals surface area contributed by atoms with E-state index < -0.39 is 0 Å². The molecule has 0 aliphatic heterocycles. The molecule has 0 saturated carbocycles. The zero-order chi connectivity index (χ0) is 24.5. The van der Waals surface area contributed by atoms with Crippen molar-refractivity contribution in [2.24, 2.45) is 0 Å². The maximum absolute atomic E-state index is 8.99. The molecule has 5 heteroatoms. The highest BCUT2D eigenvalue weighted by atomic mass is 35.5. The van der Waals surface area contributed by atoms with E-state index in [9.17, 15) is 0 Å². The van der Waals surface area contributed by atoms with Crippen molar-refractivity contribution in [3.8, 4) is 45.1 Å². The van der Waals surface area contributed by atoms with Crippen LogP contribution in [0.2, 0.25) is 5.02 Å². The largest absolute Gasteiger partial charge is 0.192 e.